The van der Waals surface area contributed by atoms with Crippen LogP contribution in [0.25, 0.3) is 0 Å². The average molecular weight is 373 g/mol. The van der Waals surface area contributed by atoms with Crippen LogP contribution >= 0.6 is 24.0 Å². The molecule has 3 rings (SSSR count). The molecule has 2 unspecified atom stereocenters. The minimum absolute atomic E-state index is 0. The molecule has 2 aliphatic rings. The number of carbonyl (C=O) groups excluding carboxylic acids is 1. The first-order chi connectivity index (χ1) is 11.1. The van der Waals surface area contributed by atoms with Gasteiger partial charge in [0, 0.05) is 29.1 Å². The maximum absolute atomic E-state index is 12.6. The van der Waals surface area contributed by atoms with Crippen LogP contribution in [0.1, 0.15) is 37.7 Å². The highest BCUT2D eigenvalue weighted by molar-refractivity contribution is 6.30. The van der Waals surface area contributed by atoms with E-state index in [1.54, 1.807) is 13.2 Å². The summed E-state index contributed by atoms with van der Waals surface area (Å²) in [5, 5.41) is 3.70. The van der Waals surface area contributed by atoms with Crippen molar-refractivity contribution in [2.45, 2.75) is 44.7 Å². The zero-order chi connectivity index (χ0) is 16.4. The van der Waals surface area contributed by atoms with E-state index >= 15 is 0 Å². The number of amides is 1. The minimum atomic E-state index is 0. The Bertz CT molecular complexity index is 568. The molecule has 2 aliphatic carbocycles. The number of fused-ring (bicyclic) bond motifs is 2. The van der Waals surface area contributed by atoms with Crippen molar-refractivity contribution in [1.29, 1.82) is 0 Å². The maximum atomic E-state index is 12.6. The number of carbonyl (C=O) groups is 1. The number of benzene rings is 1. The molecule has 0 spiro atoms. The quantitative estimate of drug-likeness (QED) is 0.849. The zero-order valence-corrected chi connectivity index (χ0v) is 15.5. The van der Waals surface area contributed by atoms with Crippen LogP contribution in [0.4, 0.5) is 0 Å². The number of halogens is 2. The Hall–Kier alpha value is -0.970. The number of methoxy groups -OCH3 is 1. The standard InChI is InChI=1S/C18H25ClN2O2.ClH/c1-23-16-6-5-15(19)9-14(16)10-21-18(22)13-7-11-3-2-4-12(8-13)17(11)20;/h5-6,9,11-13,17H,2-4,7-8,10,20H2,1H3,(H,21,22);1H. The van der Waals surface area contributed by atoms with Gasteiger partial charge >= 0.3 is 0 Å². The van der Waals surface area contributed by atoms with Crippen LogP contribution in [-0.4, -0.2) is 19.1 Å². The van der Waals surface area contributed by atoms with Gasteiger partial charge in [0.2, 0.25) is 5.91 Å². The summed E-state index contributed by atoms with van der Waals surface area (Å²) in [4.78, 5) is 12.6. The van der Waals surface area contributed by atoms with Crippen LogP contribution in [-0.2, 0) is 11.3 Å². The number of rotatable bonds is 4. The molecule has 0 aliphatic heterocycles. The molecule has 1 aromatic carbocycles. The van der Waals surface area contributed by atoms with E-state index in [1.807, 2.05) is 12.1 Å². The van der Waals surface area contributed by atoms with Gasteiger partial charge < -0.3 is 15.8 Å². The SMILES string of the molecule is COc1ccc(Cl)cc1CNC(=O)C1CC2CCCC(C1)C2N.Cl. The van der Waals surface area contributed by atoms with E-state index in [9.17, 15) is 4.79 Å². The van der Waals surface area contributed by atoms with Crippen LogP contribution in [0.3, 0.4) is 0 Å². The van der Waals surface area contributed by atoms with Gasteiger partial charge in [0.1, 0.15) is 5.75 Å². The number of hydrogen-bond acceptors (Lipinski definition) is 3. The largest absolute Gasteiger partial charge is 0.496 e. The lowest BCUT2D eigenvalue weighted by Gasteiger charge is -2.43. The van der Waals surface area contributed by atoms with E-state index < -0.39 is 0 Å². The molecule has 1 aromatic rings. The van der Waals surface area contributed by atoms with E-state index in [2.05, 4.69) is 5.32 Å². The number of nitrogens with two attached hydrogens (primary N) is 1. The fourth-order valence-corrected chi connectivity index (χ4v) is 4.41. The Labute approximate surface area is 154 Å². The Morgan fingerprint density at radius 3 is 2.62 bits per heavy atom. The van der Waals surface area contributed by atoms with Crippen LogP contribution < -0.4 is 15.8 Å². The molecule has 4 nitrogen and oxygen atoms in total. The summed E-state index contributed by atoms with van der Waals surface area (Å²) >= 11 is 6.04. The molecule has 24 heavy (non-hydrogen) atoms. The molecule has 1 amide bonds. The van der Waals surface area contributed by atoms with Crippen molar-refractivity contribution < 1.29 is 9.53 Å². The predicted octanol–water partition coefficient (Wildman–Crippen LogP) is 3.54. The molecule has 2 saturated carbocycles. The third-order valence-corrected chi connectivity index (χ3v) is 5.71. The van der Waals surface area contributed by atoms with E-state index in [0.717, 1.165) is 24.2 Å². The molecule has 6 heteroatoms. The second kappa shape index (κ2) is 8.41. The Morgan fingerprint density at radius 1 is 1.33 bits per heavy atom. The van der Waals surface area contributed by atoms with Gasteiger partial charge in [-0.15, -0.1) is 12.4 Å². The molecule has 2 atom stereocenters. The molecule has 0 saturated heterocycles. The molecular weight excluding hydrogens is 347 g/mol. The Kier molecular flexibility index (Phi) is 6.79. The lowest BCUT2D eigenvalue weighted by molar-refractivity contribution is -0.128. The predicted molar refractivity (Wildman–Crippen MR) is 98.6 cm³/mol. The van der Waals surface area contributed by atoms with Crippen molar-refractivity contribution >= 4 is 29.9 Å². The van der Waals surface area contributed by atoms with Crippen molar-refractivity contribution in [1.82, 2.24) is 5.32 Å². The second-order valence-electron chi connectivity index (χ2n) is 6.87. The summed E-state index contributed by atoms with van der Waals surface area (Å²) in [6, 6.07) is 5.75. The van der Waals surface area contributed by atoms with Crippen LogP contribution in [0, 0.1) is 17.8 Å². The van der Waals surface area contributed by atoms with Gasteiger partial charge in [-0.3, -0.25) is 4.79 Å². The van der Waals surface area contributed by atoms with Gasteiger partial charge in [0.05, 0.1) is 7.11 Å². The number of nitrogens with one attached hydrogen (secondary N) is 1. The first-order valence-electron chi connectivity index (χ1n) is 8.44. The molecule has 2 fully saturated rings. The van der Waals surface area contributed by atoms with Gasteiger partial charge in [0.15, 0.2) is 0 Å². The second-order valence-corrected chi connectivity index (χ2v) is 7.31. The van der Waals surface area contributed by atoms with Crippen LogP contribution in [0.5, 0.6) is 5.75 Å². The molecule has 0 aromatic heterocycles. The number of hydrogen-bond donors (Lipinski definition) is 2. The van der Waals surface area contributed by atoms with Crippen LogP contribution in [0.15, 0.2) is 18.2 Å². The highest BCUT2D eigenvalue weighted by Crippen LogP contribution is 2.41. The molecule has 0 heterocycles. The van der Waals surface area contributed by atoms with Crippen molar-refractivity contribution in [3.63, 3.8) is 0 Å². The Balaban J connectivity index is 0.00000208. The van der Waals surface area contributed by atoms with E-state index in [1.165, 1.54) is 19.3 Å². The van der Waals surface area contributed by atoms with Crippen molar-refractivity contribution in [2.24, 2.45) is 23.5 Å². The smallest absolute Gasteiger partial charge is 0.223 e. The lowest BCUT2D eigenvalue weighted by Crippen LogP contribution is -2.49. The van der Waals surface area contributed by atoms with Gasteiger partial charge in [-0.2, -0.15) is 0 Å². The van der Waals surface area contributed by atoms with Crippen LogP contribution in [0.2, 0.25) is 5.02 Å². The highest BCUT2D eigenvalue weighted by Gasteiger charge is 2.40. The summed E-state index contributed by atoms with van der Waals surface area (Å²) in [6.07, 6.45) is 5.45. The molecule has 2 bridgehead atoms. The molecule has 134 valence electrons. The first kappa shape index (κ1) is 19.4. The van der Waals surface area contributed by atoms with Gasteiger partial charge in [0.25, 0.3) is 0 Å². The fourth-order valence-electron chi connectivity index (χ4n) is 4.22. The summed E-state index contributed by atoms with van der Waals surface area (Å²) in [6.45, 7) is 0.445. The third kappa shape index (κ3) is 4.16. The van der Waals surface area contributed by atoms with E-state index in [0.29, 0.717) is 29.4 Å². The first-order valence-corrected chi connectivity index (χ1v) is 8.82. The summed E-state index contributed by atoms with van der Waals surface area (Å²) in [5.74, 6) is 2.00. The zero-order valence-electron chi connectivity index (χ0n) is 14.0. The van der Waals surface area contributed by atoms with Gasteiger partial charge in [-0.1, -0.05) is 18.0 Å². The summed E-state index contributed by atoms with van der Waals surface area (Å²) in [7, 11) is 1.62. The van der Waals surface area contributed by atoms with Crippen molar-refractivity contribution in [2.75, 3.05) is 7.11 Å². The number of ether oxygens (including phenoxy) is 1. The monoisotopic (exact) mass is 372 g/mol. The highest BCUT2D eigenvalue weighted by atomic mass is 35.5. The molecular formula is C18H26Cl2N2O2. The van der Waals surface area contributed by atoms with Crippen molar-refractivity contribution in [3.05, 3.63) is 28.8 Å². The fraction of sp³-hybridized carbons (Fsp3) is 0.611. The van der Waals surface area contributed by atoms with Gasteiger partial charge in [-0.25, -0.2) is 0 Å². The maximum Gasteiger partial charge on any atom is 0.223 e. The molecule has 3 N–H and O–H groups in total. The minimum Gasteiger partial charge on any atom is -0.496 e. The van der Waals surface area contributed by atoms with Gasteiger partial charge in [-0.05, 0) is 55.7 Å². The summed E-state index contributed by atoms with van der Waals surface area (Å²) in [5.41, 5.74) is 7.21. The van der Waals surface area contributed by atoms with E-state index in [4.69, 9.17) is 22.1 Å². The lowest BCUT2D eigenvalue weighted by atomic mass is 9.65. The summed E-state index contributed by atoms with van der Waals surface area (Å²) < 4.78 is 5.33. The average Bonchev–Trinajstić information content (AvgIpc) is 2.52. The third-order valence-electron chi connectivity index (χ3n) is 5.48. The van der Waals surface area contributed by atoms with Crippen molar-refractivity contribution in [3.8, 4) is 5.75 Å². The topological polar surface area (TPSA) is 64.3 Å². The van der Waals surface area contributed by atoms with E-state index in [-0.39, 0.29) is 24.2 Å². The normalized spacial score (nSPS) is 28.6. The Morgan fingerprint density at radius 2 is 2.00 bits per heavy atom. The molecule has 0 radical (unpaired) electrons.